The molecule has 0 atom stereocenters. The van der Waals surface area contributed by atoms with Gasteiger partial charge >= 0.3 is 5.97 Å². The van der Waals surface area contributed by atoms with E-state index in [9.17, 15) is 4.79 Å². The summed E-state index contributed by atoms with van der Waals surface area (Å²) >= 11 is 6.01. The summed E-state index contributed by atoms with van der Waals surface area (Å²) in [5, 5.41) is 16.6. The number of hydrogen-bond acceptors (Lipinski definition) is 5. The van der Waals surface area contributed by atoms with E-state index in [0.717, 1.165) is 0 Å². The summed E-state index contributed by atoms with van der Waals surface area (Å²) in [5.41, 5.74) is 1.58. The molecule has 96 valence electrons. The van der Waals surface area contributed by atoms with Gasteiger partial charge in [0.2, 0.25) is 0 Å². The number of halogens is 1. The lowest BCUT2D eigenvalue weighted by atomic mass is 10.1. The third kappa shape index (κ3) is 2.72. The fraction of sp³-hybridized carbons (Fsp3) is 0.167. The maximum Gasteiger partial charge on any atom is 0.339 e. The minimum absolute atomic E-state index is 0.126. The lowest BCUT2D eigenvalue weighted by Gasteiger charge is -2.03. The van der Waals surface area contributed by atoms with Crippen molar-refractivity contribution in [1.29, 1.82) is 5.26 Å². The van der Waals surface area contributed by atoms with Crippen molar-refractivity contribution in [3.05, 3.63) is 35.0 Å². The summed E-state index contributed by atoms with van der Waals surface area (Å²) < 4.78 is 6.02. The molecule has 0 amide bonds. The van der Waals surface area contributed by atoms with Crippen LogP contribution >= 0.6 is 11.6 Å². The maximum absolute atomic E-state index is 11.4. The number of carbonyl (C=O) groups is 1. The molecule has 19 heavy (non-hydrogen) atoms. The topological polar surface area (TPSA) is 80.8 Å². The molecule has 0 aliphatic carbocycles. The number of esters is 1. The highest BCUT2D eigenvalue weighted by Crippen LogP contribution is 2.24. The fourth-order valence-electron chi connectivity index (χ4n) is 1.53. The molecule has 2 rings (SSSR count). The number of rotatable bonds is 3. The standard InChI is InChI=1S/C12H9ClN4O2/c1-19-12(18)9-3-2-8(6-10(9)13)11-7-17(5-4-14)16-15-11/h2-3,6-7H,5H2,1H3. The summed E-state index contributed by atoms with van der Waals surface area (Å²) in [6.45, 7) is 0.126. The fourth-order valence-corrected chi connectivity index (χ4v) is 1.79. The number of methoxy groups -OCH3 is 1. The van der Waals surface area contributed by atoms with Gasteiger partial charge in [-0.15, -0.1) is 5.10 Å². The van der Waals surface area contributed by atoms with Crippen LogP contribution in [0.15, 0.2) is 24.4 Å². The van der Waals surface area contributed by atoms with Gasteiger partial charge in [0.25, 0.3) is 0 Å². The van der Waals surface area contributed by atoms with Crippen molar-refractivity contribution in [3.63, 3.8) is 0 Å². The van der Waals surface area contributed by atoms with Gasteiger partial charge in [0.15, 0.2) is 0 Å². The molecule has 1 heterocycles. The highest BCUT2D eigenvalue weighted by atomic mass is 35.5. The minimum Gasteiger partial charge on any atom is -0.465 e. The largest absolute Gasteiger partial charge is 0.465 e. The lowest BCUT2D eigenvalue weighted by Crippen LogP contribution is -2.01. The molecule has 0 spiro atoms. The van der Waals surface area contributed by atoms with Gasteiger partial charge in [0, 0.05) is 5.56 Å². The number of benzene rings is 1. The van der Waals surface area contributed by atoms with Crippen molar-refractivity contribution >= 4 is 17.6 Å². The van der Waals surface area contributed by atoms with Crippen molar-refractivity contribution in [3.8, 4) is 17.3 Å². The smallest absolute Gasteiger partial charge is 0.339 e. The van der Waals surface area contributed by atoms with Crippen LogP contribution in [0.1, 0.15) is 10.4 Å². The summed E-state index contributed by atoms with van der Waals surface area (Å²) in [4.78, 5) is 11.4. The summed E-state index contributed by atoms with van der Waals surface area (Å²) in [7, 11) is 1.29. The van der Waals surface area contributed by atoms with Crippen LogP contribution < -0.4 is 0 Å². The van der Waals surface area contributed by atoms with Crippen LogP contribution in [0.5, 0.6) is 0 Å². The van der Waals surface area contributed by atoms with Crippen LogP contribution in [-0.2, 0) is 11.3 Å². The van der Waals surface area contributed by atoms with Crippen LogP contribution in [0.25, 0.3) is 11.3 Å². The second kappa shape index (κ2) is 5.50. The average Bonchev–Trinajstić information content (AvgIpc) is 2.87. The van der Waals surface area contributed by atoms with E-state index in [1.54, 1.807) is 24.4 Å². The van der Waals surface area contributed by atoms with E-state index in [1.165, 1.54) is 11.8 Å². The van der Waals surface area contributed by atoms with Gasteiger partial charge in [-0.25, -0.2) is 9.48 Å². The van der Waals surface area contributed by atoms with Gasteiger partial charge in [0.1, 0.15) is 12.2 Å². The van der Waals surface area contributed by atoms with Gasteiger partial charge in [-0.1, -0.05) is 22.9 Å². The first kappa shape index (κ1) is 13.1. The Morgan fingerprint density at radius 1 is 1.58 bits per heavy atom. The first-order valence-corrected chi connectivity index (χ1v) is 5.69. The van der Waals surface area contributed by atoms with Gasteiger partial charge in [-0.2, -0.15) is 5.26 Å². The molecular formula is C12H9ClN4O2. The average molecular weight is 277 g/mol. The van der Waals surface area contributed by atoms with E-state index in [-0.39, 0.29) is 17.1 Å². The predicted octanol–water partition coefficient (Wildman–Crippen LogP) is 1.91. The zero-order valence-corrected chi connectivity index (χ0v) is 10.8. The van der Waals surface area contributed by atoms with Gasteiger partial charge in [-0.3, -0.25) is 0 Å². The molecule has 0 unspecified atom stereocenters. The van der Waals surface area contributed by atoms with Gasteiger partial charge < -0.3 is 4.74 Å². The van der Waals surface area contributed by atoms with E-state index in [0.29, 0.717) is 11.3 Å². The lowest BCUT2D eigenvalue weighted by molar-refractivity contribution is 0.0601. The quantitative estimate of drug-likeness (QED) is 0.800. The molecule has 0 aliphatic rings. The minimum atomic E-state index is -0.496. The highest BCUT2D eigenvalue weighted by molar-refractivity contribution is 6.33. The van der Waals surface area contributed by atoms with Crippen molar-refractivity contribution < 1.29 is 9.53 Å². The summed E-state index contributed by atoms with van der Waals surface area (Å²) in [6, 6.07) is 6.83. The zero-order chi connectivity index (χ0) is 13.8. The molecule has 0 saturated carbocycles. The molecule has 7 heteroatoms. The summed E-state index contributed by atoms with van der Waals surface area (Å²) in [5.74, 6) is -0.496. The molecule has 0 bridgehead atoms. The van der Waals surface area contributed by atoms with E-state index >= 15 is 0 Å². The predicted molar refractivity (Wildman–Crippen MR) is 67.4 cm³/mol. The Hall–Kier alpha value is -2.39. The van der Waals surface area contributed by atoms with Crippen LogP contribution in [0, 0.1) is 11.3 Å². The number of hydrogen-bond donors (Lipinski definition) is 0. The molecule has 0 saturated heterocycles. The molecule has 0 aliphatic heterocycles. The van der Waals surface area contributed by atoms with Gasteiger partial charge in [0.05, 0.1) is 30.0 Å². The second-order valence-corrected chi connectivity index (χ2v) is 4.05. The second-order valence-electron chi connectivity index (χ2n) is 3.65. The first-order valence-electron chi connectivity index (χ1n) is 5.31. The molecule has 0 fully saturated rings. The molecule has 6 nitrogen and oxygen atoms in total. The Morgan fingerprint density at radius 3 is 3.00 bits per heavy atom. The SMILES string of the molecule is COC(=O)c1ccc(-c2cn(CC#N)nn2)cc1Cl. The van der Waals surface area contributed by atoms with Crippen LogP contribution in [0.2, 0.25) is 5.02 Å². The van der Waals surface area contributed by atoms with Crippen molar-refractivity contribution in [1.82, 2.24) is 15.0 Å². The van der Waals surface area contributed by atoms with E-state index < -0.39 is 5.97 Å². The first-order chi connectivity index (χ1) is 9.15. The van der Waals surface area contributed by atoms with Gasteiger partial charge in [-0.05, 0) is 12.1 Å². The zero-order valence-electron chi connectivity index (χ0n) is 10.00. The normalized spacial score (nSPS) is 9.95. The Balaban J connectivity index is 2.33. The number of aromatic nitrogens is 3. The number of nitrogens with zero attached hydrogens (tertiary/aromatic N) is 4. The number of ether oxygens (including phenoxy) is 1. The van der Waals surface area contributed by atoms with Crippen molar-refractivity contribution in [2.45, 2.75) is 6.54 Å². The Kier molecular flexibility index (Phi) is 3.78. The molecule has 1 aromatic heterocycles. The van der Waals surface area contributed by atoms with Crippen LogP contribution in [0.4, 0.5) is 0 Å². The molecular weight excluding hydrogens is 268 g/mol. The van der Waals surface area contributed by atoms with E-state index in [1.807, 2.05) is 6.07 Å². The third-order valence-corrected chi connectivity index (χ3v) is 2.75. The van der Waals surface area contributed by atoms with Crippen LogP contribution in [-0.4, -0.2) is 28.1 Å². The van der Waals surface area contributed by atoms with Crippen molar-refractivity contribution in [2.75, 3.05) is 7.11 Å². The molecule has 0 N–H and O–H groups in total. The Labute approximate surface area is 114 Å². The maximum atomic E-state index is 11.4. The molecule has 2 aromatic rings. The van der Waals surface area contributed by atoms with Crippen molar-refractivity contribution in [2.24, 2.45) is 0 Å². The third-order valence-electron chi connectivity index (χ3n) is 2.44. The summed E-state index contributed by atoms with van der Waals surface area (Å²) in [6.07, 6.45) is 1.63. The number of nitriles is 1. The molecule has 0 radical (unpaired) electrons. The Morgan fingerprint density at radius 2 is 2.37 bits per heavy atom. The molecule has 1 aromatic carbocycles. The van der Waals surface area contributed by atoms with E-state index in [4.69, 9.17) is 16.9 Å². The van der Waals surface area contributed by atoms with E-state index in [2.05, 4.69) is 15.0 Å². The highest BCUT2D eigenvalue weighted by Gasteiger charge is 2.12. The Bertz CT molecular complexity index is 660. The monoisotopic (exact) mass is 276 g/mol. The van der Waals surface area contributed by atoms with Crippen LogP contribution in [0.3, 0.4) is 0 Å². The number of carbonyl (C=O) groups excluding carboxylic acids is 1.